The Labute approximate surface area is 108 Å². The summed E-state index contributed by atoms with van der Waals surface area (Å²) in [4.78, 5) is 0. The summed E-state index contributed by atoms with van der Waals surface area (Å²) in [5.74, 6) is -0.379. The standard InChI is InChI=1S/C13H19BFNO2/c1-8-6-9(7-10(16)11(8)15)14-17-12(2,3)13(4,5)18-14/h6-7H,16H2,1-5H3. The molecule has 0 bridgehead atoms. The number of benzene rings is 1. The summed E-state index contributed by atoms with van der Waals surface area (Å²) in [6.07, 6.45) is 0. The third-order valence-corrected chi connectivity index (χ3v) is 3.83. The molecule has 0 spiro atoms. The molecule has 2 N–H and O–H groups in total. The summed E-state index contributed by atoms with van der Waals surface area (Å²) in [6, 6.07) is 3.29. The second-order valence-corrected chi connectivity index (χ2v) is 5.83. The van der Waals surface area contributed by atoms with Crippen LogP contribution in [0.2, 0.25) is 0 Å². The van der Waals surface area contributed by atoms with Crippen molar-refractivity contribution in [2.75, 3.05) is 5.73 Å². The summed E-state index contributed by atoms with van der Waals surface area (Å²) in [5.41, 5.74) is 6.20. The molecular weight excluding hydrogens is 232 g/mol. The Hall–Kier alpha value is -1.07. The van der Waals surface area contributed by atoms with Gasteiger partial charge in [0.1, 0.15) is 5.82 Å². The van der Waals surface area contributed by atoms with Gasteiger partial charge in [-0.2, -0.15) is 0 Å². The number of nitrogens with two attached hydrogens (primary N) is 1. The molecular formula is C13H19BFNO2. The summed E-state index contributed by atoms with van der Waals surface area (Å²) in [6.45, 7) is 9.60. The van der Waals surface area contributed by atoms with Crippen LogP contribution in [0.5, 0.6) is 0 Å². The minimum Gasteiger partial charge on any atom is -0.399 e. The molecule has 0 atom stereocenters. The molecule has 1 fully saturated rings. The monoisotopic (exact) mass is 251 g/mol. The summed E-state index contributed by atoms with van der Waals surface area (Å²) < 4.78 is 25.3. The van der Waals surface area contributed by atoms with Gasteiger partial charge in [-0.15, -0.1) is 0 Å². The minimum atomic E-state index is -0.503. The van der Waals surface area contributed by atoms with Crippen molar-refractivity contribution >= 4 is 18.3 Å². The van der Waals surface area contributed by atoms with Gasteiger partial charge in [-0.25, -0.2) is 4.39 Å². The zero-order valence-electron chi connectivity index (χ0n) is 11.5. The van der Waals surface area contributed by atoms with Crippen molar-refractivity contribution in [1.29, 1.82) is 0 Å². The van der Waals surface area contributed by atoms with E-state index in [1.807, 2.05) is 27.7 Å². The van der Waals surface area contributed by atoms with Gasteiger partial charge in [-0.1, -0.05) is 6.07 Å². The summed E-state index contributed by atoms with van der Waals surface area (Å²) in [7, 11) is -0.503. The molecule has 0 saturated carbocycles. The number of nitrogen functional groups attached to an aromatic ring is 1. The Kier molecular flexibility index (Phi) is 2.95. The van der Waals surface area contributed by atoms with Crippen LogP contribution in [0.3, 0.4) is 0 Å². The smallest absolute Gasteiger partial charge is 0.399 e. The maximum atomic E-state index is 13.5. The number of anilines is 1. The van der Waals surface area contributed by atoms with Crippen LogP contribution in [-0.2, 0) is 9.31 Å². The highest BCUT2D eigenvalue weighted by Gasteiger charge is 2.51. The number of aryl methyl sites for hydroxylation is 1. The Morgan fingerprint density at radius 1 is 1.11 bits per heavy atom. The van der Waals surface area contributed by atoms with Crippen LogP contribution in [0.4, 0.5) is 10.1 Å². The number of hydrogen-bond donors (Lipinski definition) is 1. The third-order valence-electron chi connectivity index (χ3n) is 3.83. The van der Waals surface area contributed by atoms with Crippen LogP contribution >= 0.6 is 0 Å². The summed E-state index contributed by atoms with van der Waals surface area (Å²) in [5, 5.41) is 0. The van der Waals surface area contributed by atoms with E-state index in [1.54, 1.807) is 19.1 Å². The fourth-order valence-electron chi connectivity index (χ4n) is 1.94. The Morgan fingerprint density at radius 3 is 2.06 bits per heavy atom. The molecule has 1 heterocycles. The van der Waals surface area contributed by atoms with Crippen LogP contribution < -0.4 is 11.2 Å². The molecule has 1 saturated heterocycles. The molecule has 98 valence electrons. The van der Waals surface area contributed by atoms with E-state index < -0.39 is 18.3 Å². The van der Waals surface area contributed by atoms with Gasteiger partial charge in [0.15, 0.2) is 0 Å². The van der Waals surface area contributed by atoms with E-state index in [1.165, 1.54) is 0 Å². The van der Waals surface area contributed by atoms with Crippen molar-refractivity contribution in [3.05, 3.63) is 23.5 Å². The molecule has 1 aliphatic rings. The fourth-order valence-corrected chi connectivity index (χ4v) is 1.94. The van der Waals surface area contributed by atoms with Gasteiger partial charge >= 0.3 is 7.12 Å². The SMILES string of the molecule is Cc1cc(B2OC(C)(C)C(C)(C)O2)cc(N)c1F. The lowest BCUT2D eigenvalue weighted by molar-refractivity contribution is 0.00578. The number of halogens is 1. The van der Waals surface area contributed by atoms with Crippen molar-refractivity contribution < 1.29 is 13.7 Å². The molecule has 1 aliphatic heterocycles. The van der Waals surface area contributed by atoms with Crippen LogP contribution in [0.25, 0.3) is 0 Å². The molecule has 0 amide bonds. The Balaban J connectivity index is 2.36. The highest BCUT2D eigenvalue weighted by molar-refractivity contribution is 6.62. The van der Waals surface area contributed by atoms with Gasteiger partial charge in [0.25, 0.3) is 0 Å². The van der Waals surface area contributed by atoms with E-state index in [-0.39, 0.29) is 11.5 Å². The first-order valence-corrected chi connectivity index (χ1v) is 6.05. The number of rotatable bonds is 1. The maximum absolute atomic E-state index is 13.5. The lowest BCUT2D eigenvalue weighted by Gasteiger charge is -2.32. The van der Waals surface area contributed by atoms with E-state index in [0.29, 0.717) is 5.56 Å². The highest BCUT2D eigenvalue weighted by Crippen LogP contribution is 2.36. The molecule has 0 radical (unpaired) electrons. The van der Waals surface area contributed by atoms with Gasteiger partial charge in [0.05, 0.1) is 16.9 Å². The van der Waals surface area contributed by atoms with Gasteiger partial charge in [-0.3, -0.25) is 0 Å². The molecule has 18 heavy (non-hydrogen) atoms. The van der Waals surface area contributed by atoms with Crippen molar-refractivity contribution in [2.24, 2.45) is 0 Å². The maximum Gasteiger partial charge on any atom is 0.494 e. The van der Waals surface area contributed by atoms with Crippen molar-refractivity contribution in [3.8, 4) is 0 Å². The largest absolute Gasteiger partial charge is 0.494 e. The first-order chi connectivity index (χ1) is 8.14. The third kappa shape index (κ3) is 2.02. The van der Waals surface area contributed by atoms with E-state index in [2.05, 4.69) is 0 Å². The zero-order chi connectivity index (χ0) is 13.7. The second kappa shape index (κ2) is 3.97. The molecule has 2 rings (SSSR count). The average molecular weight is 251 g/mol. The quantitative estimate of drug-likeness (QED) is 0.613. The van der Waals surface area contributed by atoms with Crippen LogP contribution in [-0.4, -0.2) is 18.3 Å². The minimum absolute atomic E-state index is 0.125. The molecule has 0 aromatic heterocycles. The Morgan fingerprint density at radius 2 is 1.61 bits per heavy atom. The first kappa shape index (κ1) is 13.4. The first-order valence-electron chi connectivity index (χ1n) is 6.05. The number of hydrogen-bond acceptors (Lipinski definition) is 3. The normalized spacial score (nSPS) is 21.3. The lowest BCUT2D eigenvalue weighted by Crippen LogP contribution is -2.41. The predicted octanol–water partition coefficient (Wildman–Crippen LogP) is 2.02. The van der Waals surface area contributed by atoms with Crippen LogP contribution in [0.15, 0.2) is 12.1 Å². The van der Waals surface area contributed by atoms with E-state index in [4.69, 9.17) is 15.0 Å². The van der Waals surface area contributed by atoms with Gasteiger partial charge in [-0.05, 0) is 51.7 Å². The molecule has 5 heteroatoms. The van der Waals surface area contributed by atoms with Crippen LogP contribution in [0.1, 0.15) is 33.3 Å². The van der Waals surface area contributed by atoms with Gasteiger partial charge < -0.3 is 15.0 Å². The molecule has 3 nitrogen and oxygen atoms in total. The summed E-state index contributed by atoms with van der Waals surface area (Å²) >= 11 is 0. The lowest BCUT2D eigenvalue weighted by atomic mass is 9.78. The predicted molar refractivity (Wildman–Crippen MR) is 71.3 cm³/mol. The van der Waals surface area contributed by atoms with Crippen molar-refractivity contribution in [1.82, 2.24) is 0 Å². The van der Waals surface area contributed by atoms with Gasteiger partial charge in [0, 0.05) is 0 Å². The van der Waals surface area contributed by atoms with E-state index in [0.717, 1.165) is 5.46 Å². The van der Waals surface area contributed by atoms with Crippen LogP contribution in [0, 0.1) is 12.7 Å². The zero-order valence-corrected chi connectivity index (χ0v) is 11.5. The van der Waals surface area contributed by atoms with Crippen molar-refractivity contribution in [3.63, 3.8) is 0 Å². The van der Waals surface area contributed by atoms with E-state index in [9.17, 15) is 4.39 Å². The molecule has 0 aliphatic carbocycles. The fraction of sp³-hybridized carbons (Fsp3) is 0.538. The Bertz CT molecular complexity index is 449. The highest BCUT2D eigenvalue weighted by atomic mass is 19.1. The van der Waals surface area contributed by atoms with E-state index >= 15 is 0 Å². The molecule has 0 unspecified atom stereocenters. The molecule has 1 aromatic rings. The molecule has 1 aromatic carbocycles. The van der Waals surface area contributed by atoms with Crippen molar-refractivity contribution in [2.45, 2.75) is 45.8 Å². The average Bonchev–Trinajstić information content (AvgIpc) is 2.44. The van der Waals surface area contributed by atoms with Gasteiger partial charge in [0.2, 0.25) is 0 Å². The topological polar surface area (TPSA) is 44.5 Å². The second-order valence-electron chi connectivity index (χ2n) is 5.83.